The van der Waals surface area contributed by atoms with E-state index in [1.54, 1.807) is 11.5 Å². The minimum atomic E-state index is -1.27. The normalized spacial score (nSPS) is 25.6. The molecule has 3 N–H and O–H groups in total. The Kier molecular flexibility index (Phi) is 6.41. The van der Waals surface area contributed by atoms with Crippen molar-refractivity contribution in [1.29, 1.82) is 0 Å². The maximum Gasteiger partial charge on any atom is 0.279 e. The molecule has 1 aliphatic rings. The van der Waals surface area contributed by atoms with Crippen molar-refractivity contribution in [3.05, 3.63) is 16.2 Å². The Morgan fingerprint density at radius 3 is 2.68 bits per heavy atom. The van der Waals surface area contributed by atoms with Gasteiger partial charge in [-0.2, -0.15) is 0 Å². The number of fused-ring (bicyclic) bond motifs is 1. The van der Waals surface area contributed by atoms with E-state index in [-0.39, 0.29) is 11.1 Å². The van der Waals surface area contributed by atoms with Crippen molar-refractivity contribution in [2.75, 3.05) is 25.2 Å². The second-order valence-corrected chi connectivity index (χ2v) is 13.3. The van der Waals surface area contributed by atoms with Gasteiger partial charge in [0.25, 0.3) is 5.56 Å². The number of ether oxygens (including phenoxy) is 1. The molecule has 0 radical (unpaired) electrons. The van der Waals surface area contributed by atoms with Crippen molar-refractivity contribution in [2.24, 2.45) is 0 Å². The molecule has 3 heterocycles. The first-order chi connectivity index (χ1) is 13.1. The molecule has 0 amide bonds. The number of aryl methyl sites for hydroxylation is 1. The van der Waals surface area contributed by atoms with Crippen LogP contribution in [0.25, 0.3) is 11.2 Å². The standard InChI is InChI=1S/C18H29N4O4PS/c1-6-9-28-18-21-12-15(19-10(2)20-16(12)25)22(18)17-14(24)13(23)11(26-17)7-8-27(3,4)5/h11,13-14,17,23-24H,3,6-9H2,1-2,4-5H3,(H,19,20,25)/t11?,13-,14-,17-/m1/s1. The van der Waals surface area contributed by atoms with Gasteiger partial charge in [0, 0.05) is 5.75 Å². The predicted molar refractivity (Wildman–Crippen MR) is 115 cm³/mol. The molecule has 1 saturated heterocycles. The number of nitrogens with one attached hydrogen (secondary N) is 1. The monoisotopic (exact) mass is 428 g/mol. The lowest BCUT2D eigenvalue weighted by Gasteiger charge is -2.19. The fourth-order valence-corrected chi connectivity index (χ4v) is 5.08. The van der Waals surface area contributed by atoms with E-state index in [1.165, 1.54) is 11.8 Å². The number of thioether (sulfide) groups is 1. The van der Waals surface area contributed by atoms with Gasteiger partial charge in [-0.3, -0.25) is 9.36 Å². The largest absolute Gasteiger partial charge is 0.388 e. The quantitative estimate of drug-likeness (QED) is 0.454. The Morgan fingerprint density at radius 2 is 2.04 bits per heavy atom. The summed E-state index contributed by atoms with van der Waals surface area (Å²) in [5.41, 5.74) is 0.247. The van der Waals surface area contributed by atoms with E-state index in [2.05, 4.69) is 41.5 Å². The summed E-state index contributed by atoms with van der Waals surface area (Å²) >= 11 is 1.48. The second kappa shape index (κ2) is 8.32. The average molecular weight is 428 g/mol. The highest BCUT2D eigenvalue weighted by Gasteiger charge is 2.45. The summed E-state index contributed by atoms with van der Waals surface area (Å²) < 4.78 is 7.74. The van der Waals surface area contributed by atoms with Crippen LogP contribution in [0.4, 0.5) is 0 Å². The number of aliphatic hydroxyl groups excluding tert-OH is 2. The van der Waals surface area contributed by atoms with Crippen molar-refractivity contribution in [3.8, 4) is 0 Å². The summed E-state index contributed by atoms with van der Waals surface area (Å²) in [5, 5.41) is 21.8. The van der Waals surface area contributed by atoms with Gasteiger partial charge < -0.3 is 19.9 Å². The molecule has 0 bridgehead atoms. The molecule has 1 aliphatic heterocycles. The number of hydrogen-bond donors (Lipinski definition) is 3. The Bertz CT molecular complexity index is 953. The van der Waals surface area contributed by atoms with E-state index in [1.807, 2.05) is 0 Å². The van der Waals surface area contributed by atoms with Crippen LogP contribution in [-0.2, 0) is 4.74 Å². The SMILES string of the molecule is C=P(C)(C)CCC1O[C@@H](n2c(SCCC)nc3c(=O)[nH]c(C)nc32)[C@H](O)[C@@H]1O. The Labute approximate surface area is 168 Å². The second-order valence-electron chi connectivity index (χ2n) is 7.93. The third-order valence-corrected chi connectivity index (χ3v) is 7.31. The zero-order valence-corrected chi connectivity index (χ0v) is 18.5. The number of aliphatic hydroxyl groups is 2. The Balaban J connectivity index is 2.01. The summed E-state index contributed by atoms with van der Waals surface area (Å²) in [4.78, 5) is 23.9. The third kappa shape index (κ3) is 4.39. The van der Waals surface area contributed by atoms with Crippen LogP contribution < -0.4 is 5.56 Å². The average Bonchev–Trinajstić information content (AvgIpc) is 3.09. The number of H-pyrrole nitrogens is 1. The van der Waals surface area contributed by atoms with Crippen molar-refractivity contribution < 1.29 is 14.9 Å². The smallest absolute Gasteiger partial charge is 0.279 e. The first-order valence-electron chi connectivity index (χ1n) is 9.43. The van der Waals surface area contributed by atoms with Crippen molar-refractivity contribution in [1.82, 2.24) is 19.5 Å². The van der Waals surface area contributed by atoms with Crippen LogP contribution in [0.2, 0.25) is 0 Å². The number of rotatable bonds is 7. The van der Waals surface area contributed by atoms with Crippen LogP contribution in [0.5, 0.6) is 0 Å². The highest BCUT2D eigenvalue weighted by molar-refractivity contribution is 7.99. The van der Waals surface area contributed by atoms with E-state index < -0.39 is 31.4 Å². The van der Waals surface area contributed by atoms with Crippen molar-refractivity contribution in [2.45, 2.75) is 56.4 Å². The fourth-order valence-electron chi connectivity index (χ4n) is 3.26. The summed E-state index contributed by atoms with van der Waals surface area (Å²) in [6, 6.07) is 0. The minimum Gasteiger partial charge on any atom is -0.388 e. The molecule has 4 atom stereocenters. The minimum absolute atomic E-state index is 0.211. The van der Waals surface area contributed by atoms with Crippen molar-refractivity contribution >= 4 is 36.1 Å². The first kappa shape index (κ1) is 21.6. The van der Waals surface area contributed by atoms with Crippen molar-refractivity contribution in [3.63, 3.8) is 0 Å². The molecular formula is C18H29N4O4PS. The highest BCUT2D eigenvalue weighted by atomic mass is 32.2. The Hall–Kier alpha value is -1.12. The van der Waals surface area contributed by atoms with E-state index >= 15 is 0 Å². The van der Waals surface area contributed by atoms with Gasteiger partial charge in [0.2, 0.25) is 0 Å². The number of aromatic amines is 1. The molecule has 1 unspecified atom stereocenters. The molecule has 2 aromatic heterocycles. The number of hydrogen-bond acceptors (Lipinski definition) is 7. The highest BCUT2D eigenvalue weighted by Crippen LogP contribution is 2.40. The molecule has 0 spiro atoms. The fraction of sp³-hybridized carbons (Fsp3) is 0.667. The van der Waals surface area contributed by atoms with Gasteiger partial charge in [-0.05, 0) is 39.3 Å². The van der Waals surface area contributed by atoms with E-state index in [4.69, 9.17) is 4.74 Å². The molecule has 0 aromatic carbocycles. The molecular weight excluding hydrogens is 399 g/mol. The molecule has 8 nitrogen and oxygen atoms in total. The van der Waals surface area contributed by atoms with Gasteiger partial charge in [0.05, 0.1) is 6.10 Å². The van der Waals surface area contributed by atoms with Gasteiger partial charge >= 0.3 is 0 Å². The van der Waals surface area contributed by atoms with E-state index in [9.17, 15) is 15.0 Å². The lowest BCUT2D eigenvalue weighted by Crippen LogP contribution is -2.32. The number of nitrogens with zero attached hydrogens (tertiary/aromatic N) is 3. The van der Waals surface area contributed by atoms with E-state index in [0.717, 1.165) is 18.3 Å². The molecule has 3 rings (SSSR count). The first-order valence-corrected chi connectivity index (χ1v) is 13.5. The number of imidazole rings is 1. The van der Waals surface area contributed by atoms with Crippen LogP contribution in [0, 0.1) is 6.92 Å². The Morgan fingerprint density at radius 1 is 1.32 bits per heavy atom. The summed E-state index contributed by atoms with van der Waals surface area (Å²) in [6.45, 7) is 6.73. The van der Waals surface area contributed by atoms with Gasteiger partial charge in [0.15, 0.2) is 22.5 Å². The lowest BCUT2D eigenvalue weighted by molar-refractivity contribution is -0.0400. The number of aromatic nitrogens is 4. The summed E-state index contributed by atoms with van der Waals surface area (Å²) in [5.74, 6) is 1.26. The molecule has 2 aromatic rings. The predicted octanol–water partition coefficient (Wildman–Crippen LogP) is 1.65. The maximum absolute atomic E-state index is 12.3. The van der Waals surface area contributed by atoms with E-state index in [0.29, 0.717) is 23.0 Å². The van der Waals surface area contributed by atoms with Gasteiger partial charge in [-0.1, -0.05) is 18.7 Å². The molecule has 0 saturated carbocycles. The van der Waals surface area contributed by atoms with Crippen LogP contribution in [0.1, 0.15) is 31.8 Å². The third-order valence-electron chi connectivity index (χ3n) is 4.68. The van der Waals surface area contributed by atoms with Crippen LogP contribution in [0.3, 0.4) is 0 Å². The zero-order chi connectivity index (χ0) is 20.6. The molecule has 10 heteroatoms. The topological polar surface area (TPSA) is 113 Å². The van der Waals surface area contributed by atoms with Gasteiger partial charge in [-0.15, -0.1) is 13.2 Å². The lowest BCUT2D eigenvalue weighted by atomic mass is 10.1. The molecule has 28 heavy (non-hydrogen) atoms. The van der Waals surface area contributed by atoms with Gasteiger partial charge in [-0.25, -0.2) is 9.97 Å². The molecule has 1 fully saturated rings. The van der Waals surface area contributed by atoms with Crippen LogP contribution in [-0.4, -0.2) is 79.6 Å². The summed E-state index contributed by atoms with van der Waals surface area (Å²) in [6.07, 6.45) is 3.12. The van der Waals surface area contributed by atoms with Crippen LogP contribution >= 0.6 is 18.6 Å². The van der Waals surface area contributed by atoms with Gasteiger partial charge in [0.1, 0.15) is 18.0 Å². The molecule has 156 valence electrons. The molecule has 0 aliphatic carbocycles. The summed E-state index contributed by atoms with van der Waals surface area (Å²) in [7, 11) is 0. The zero-order valence-electron chi connectivity index (χ0n) is 16.8. The van der Waals surface area contributed by atoms with Crippen LogP contribution in [0.15, 0.2) is 9.95 Å². The maximum atomic E-state index is 12.3.